The van der Waals surface area contributed by atoms with E-state index in [0.29, 0.717) is 12.4 Å². The zero-order valence-electron chi connectivity index (χ0n) is 15.6. The second kappa shape index (κ2) is 9.19. The normalized spacial score (nSPS) is 17.1. The fourth-order valence-corrected chi connectivity index (χ4v) is 3.50. The summed E-state index contributed by atoms with van der Waals surface area (Å²) in [5.41, 5.74) is 2.79. The molecule has 2 aromatic carbocycles. The Morgan fingerprint density at radius 2 is 2.00 bits per heavy atom. The number of halogens is 2. The van der Waals surface area contributed by atoms with E-state index in [2.05, 4.69) is 21.3 Å². The molecule has 28 heavy (non-hydrogen) atoms. The van der Waals surface area contributed by atoms with Crippen molar-refractivity contribution in [3.8, 4) is 17.2 Å². The van der Waals surface area contributed by atoms with Crippen LogP contribution >= 0.6 is 12.4 Å². The number of nitrogens with zero attached hydrogens (tertiary/aromatic N) is 2. The number of methoxy groups -OCH3 is 1. The van der Waals surface area contributed by atoms with Crippen LogP contribution in [0.5, 0.6) is 5.75 Å². The van der Waals surface area contributed by atoms with Crippen molar-refractivity contribution in [1.29, 1.82) is 0 Å². The van der Waals surface area contributed by atoms with Gasteiger partial charge in [-0.2, -0.15) is 0 Å². The Labute approximate surface area is 169 Å². The largest absolute Gasteiger partial charge is 0.496 e. The lowest BCUT2D eigenvalue weighted by atomic mass is 10.0. The predicted molar refractivity (Wildman–Crippen MR) is 108 cm³/mol. The van der Waals surface area contributed by atoms with Crippen molar-refractivity contribution in [3.05, 3.63) is 71.9 Å². The molecule has 0 bridgehead atoms. The minimum absolute atomic E-state index is 0. The minimum Gasteiger partial charge on any atom is -0.496 e. The van der Waals surface area contributed by atoms with Crippen LogP contribution in [0.2, 0.25) is 0 Å². The zero-order chi connectivity index (χ0) is 18.6. The summed E-state index contributed by atoms with van der Waals surface area (Å²) >= 11 is 0. The number of rotatable bonds is 5. The number of hydrogen-bond acceptors (Lipinski definition) is 5. The van der Waals surface area contributed by atoms with E-state index >= 15 is 0 Å². The Morgan fingerprint density at radius 3 is 2.79 bits per heavy atom. The van der Waals surface area contributed by atoms with Gasteiger partial charge in [-0.25, -0.2) is 9.37 Å². The highest BCUT2D eigenvalue weighted by Crippen LogP contribution is 2.31. The summed E-state index contributed by atoms with van der Waals surface area (Å²) in [5, 5.41) is 3.46. The summed E-state index contributed by atoms with van der Waals surface area (Å²) in [5.74, 6) is 1.13. The average molecular weight is 404 g/mol. The standard InChI is InChI=1S/C21H22FN3O2.ClH/c1-26-20-5-3-2-4-18(20)19-12-23-10-11-25(19)13-17-14-27-21(24-17)15-6-8-16(22)9-7-15;/h2-9,14,19,23H,10-13H2,1H3;1H. The van der Waals surface area contributed by atoms with Gasteiger partial charge >= 0.3 is 0 Å². The van der Waals surface area contributed by atoms with Gasteiger partial charge in [0.15, 0.2) is 0 Å². The maximum Gasteiger partial charge on any atom is 0.226 e. The number of oxazole rings is 1. The summed E-state index contributed by atoms with van der Waals surface area (Å²) in [6.07, 6.45) is 1.68. The molecule has 1 atom stereocenters. The van der Waals surface area contributed by atoms with Crippen LogP contribution in [0.4, 0.5) is 4.39 Å². The lowest BCUT2D eigenvalue weighted by molar-refractivity contribution is 0.149. The third-order valence-corrected chi connectivity index (χ3v) is 4.86. The average Bonchev–Trinajstić information content (AvgIpc) is 3.17. The molecular formula is C21H23ClFN3O2. The molecule has 0 saturated carbocycles. The van der Waals surface area contributed by atoms with Gasteiger partial charge in [0.2, 0.25) is 5.89 Å². The fourth-order valence-electron chi connectivity index (χ4n) is 3.50. The van der Waals surface area contributed by atoms with Crippen molar-refractivity contribution in [2.45, 2.75) is 12.6 Å². The Kier molecular flexibility index (Phi) is 6.67. The SMILES string of the molecule is COc1ccccc1C1CNCCN1Cc1coc(-c2ccc(F)cc2)n1.Cl. The summed E-state index contributed by atoms with van der Waals surface area (Å²) in [7, 11) is 1.70. The Hall–Kier alpha value is -2.41. The van der Waals surface area contributed by atoms with Crippen LogP contribution in [0.1, 0.15) is 17.3 Å². The highest BCUT2D eigenvalue weighted by atomic mass is 35.5. The maximum atomic E-state index is 13.1. The van der Waals surface area contributed by atoms with Gasteiger partial charge in [0.05, 0.1) is 18.8 Å². The Bertz CT molecular complexity index is 901. The van der Waals surface area contributed by atoms with E-state index in [1.807, 2.05) is 18.2 Å². The van der Waals surface area contributed by atoms with Crippen molar-refractivity contribution in [1.82, 2.24) is 15.2 Å². The minimum atomic E-state index is -0.272. The van der Waals surface area contributed by atoms with E-state index in [1.165, 1.54) is 12.1 Å². The molecule has 1 N–H and O–H groups in total. The molecule has 0 amide bonds. The summed E-state index contributed by atoms with van der Waals surface area (Å²) in [6.45, 7) is 3.36. The maximum absolute atomic E-state index is 13.1. The molecular weight excluding hydrogens is 381 g/mol. The summed E-state index contributed by atoms with van der Waals surface area (Å²) < 4.78 is 24.3. The molecule has 0 radical (unpaired) electrons. The second-order valence-electron chi connectivity index (χ2n) is 6.58. The highest BCUT2D eigenvalue weighted by molar-refractivity contribution is 5.85. The summed E-state index contributed by atoms with van der Waals surface area (Å²) in [6, 6.07) is 14.5. The van der Waals surface area contributed by atoms with Gasteiger partial charge in [-0.3, -0.25) is 4.90 Å². The molecule has 1 aliphatic rings. The molecule has 1 saturated heterocycles. The number of piperazine rings is 1. The predicted octanol–water partition coefficient (Wildman–Crippen LogP) is 4.06. The van der Waals surface area contributed by atoms with Gasteiger partial charge in [0.25, 0.3) is 0 Å². The number of para-hydroxylation sites is 1. The second-order valence-corrected chi connectivity index (χ2v) is 6.58. The van der Waals surface area contributed by atoms with Crippen molar-refractivity contribution in [3.63, 3.8) is 0 Å². The van der Waals surface area contributed by atoms with Crippen LogP contribution in [-0.4, -0.2) is 36.6 Å². The number of benzene rings is 2. The monoisotopic (exact) mass is 403 g/mol. The van der Waals surface area contributed by atoms with Gasteiger partial charge in [0.1, 0.15) is 17.8 Å². The lowest BCUT2D eigenvalue weighted by Gasteiger charge is -2.36. The lowest BCUT2D eigenvalue weighted by Crippen LogP contribution is -2.45. The molecule has 4 rings (SSSR count). The van der Waals surface area contributed by atoms with Crippen LogP contribution in [0, 0.1) is 5.82 Å². The van der Waals surface area contributed by atoms with Crippen LogP contribution in [0.3, 0.4) is 0 Å². The van der Waals surface area contributed by atoms with E-state index in [0.717, 1.165) is 42.2 Å². The van der Waals surface area contributed by atoms with Crippen molar-refractivity contribution < 1.29 is 13.5 Å². The molecule has 1 aromatic heterocycles. The van der Waals surface area contributed by atoms with Crippen molar-refractivity contribution in [2.24, 2.45) is 0 Å². The molecule has 1 aliphatic heterocycles. The molecule has 2 heterocycles. The molecule has 1 unspecified atom stereocenters. The fraction of sp³-hybridized carbons (Fsp3) is 0.286. The first-order valence-corrected chi connectivity index (χ1v) is 9.02. The van der Waals surface area contributed by atoms with Crippen molar-refractivity contribution in [2.75, 3.05) is 26.7 Å². The van der Waals surface area contributed by atoms with Gasteiger partial charge in [-0.15, -0.1) is 12.4 Å². The number of nitrogens with one attached hydrogen (secondary N) is 1. The van der Waals surface area contributed by atoms with Gasteiger partial charge < -0.3 is 14.5 Å². The van der Waals surface area contributed by atoms with E-state index in [4.69, 9.17) is 9.15 Å². The topological polar surface area (TPSA) is 50.5 Å². The third kappa shape index (κ3) is 4.35. The van der Waals surface area contributed by atoms with Gasteiger partial charge in [0, 0.05) is 37.3 Å². The number of ether oxygens (including phenoxy) is 1. The molecule has 3 aromatic rings. The van der Waals surface area contributed by atoms with Gasteiger partial charge in [-0.1, -0.05) is 18.2 Å². The van der Waals surface area contributed by atoms with E-state index < -0.39 is 0 Å². The quantitative estimate of drug-likeness (QED) is 0.696. The van der Waals surface area contributed by atoms with Crippen LogP contribution < -0.4 is 10.1 Å². The van der Waals surface area contributed by atoms with E-state index in [1.54, 1.807) is 25.5 Å². The third-order valence-electron chi connectivity index (χ3n) is 4.86. The molecule has 5 nitrogen and oxygen atoms in total. The molecule has 0 spiro atoms. The molecule has 0 aliphatic carbocycles. The molecule has 148 valence electrons. The Morgan fingerprint density at radius 1 is 1.21 bits per heavy atom. The zero-order valence-corrected chi connectivity index (χ0v) is 16.4. The first-order chi connectivity index (χ1) is 13.2. The molecule has 1 fully saturated rings. The van der Waals surface area contributed by atoms with Crippen LogP contribution in [-0.2, 0) is 6.54 Å². The number of hydrogen-bond donors (Lipinski definition) is 1. The van der Waals surface area contributed by atoms with E-state index in [9.17, 15) is 4.39 Å². The number of aromatic nitrogens is 1. The first-order valence-electron chi connectivity index (χ1n) is 9.02. The van der Waals surface area contributed by atoms with E-state index in [-0.39, 0.29) is 24.3 Å². The Balaban J connectivity index is 0.00000225. The van der Waals surface area contributed by atoms with Crippen LogP contribution in [0.25, 0.3) is 11.5 Å². The summed E-state index contributed by atoms with van der Waals surface area (Å²) in [4.78, 5) is 6.97. The van der Waals surface area contributed by atoms with Crippen LogP contribution in [0.15, 0.2) is 59.2 Å². The van der Waals surface area contributed by atoms with Crippen molar-refractivity contribution >= 4 is 12.4 Å². The first kappa shape index (κ1) is 20.3. The highest BCUT2D eigenvalue weighted by Gasteiger charge is 2.27. The smallest absolute Gasteiger partial charge is 0.226 e. The molecule has 7 heteroatoms. The van der Waals surface area contributed by atoms with Gasteiger partial charge in [-0.05, 0) is 30.3 Å².